The Balaban J connectivity index is 1.29. The molecule has 0 saturated carbocycles. The van der Waals surface area contributed by atoms with Crippen LogP contribution in [0.15, 0.2) is 29.2 Å². The maximum atomic E-state index is 12.5. The molecular weight excluding hydrogens is 392 g/mol. The standard InChI is InChI=1S/C20H22N4O2S2/c25-17(22-10-8-13-5-3-4-9-21-13)12-27-11-16-23-19(26)18-14-6-1-2-7-15(14)28-20(18)24-16/h3-5,9H,1-2,6-8,10-12H2,(H,22,25)(H,23,24,26). The Morgan fingerprint density at radius 3 is 3.04 bits per heavy atom. The first-order valence-electron chi connectivity index (χ1n) is 9.48. The summed E-state index contributed by atoms with van der Waals surface area (Å²) in [6.45, 7) is 0.568. The van der Waals surface area contributed by atoms with E-state index in [0.29, 0.717) is 30.3 Å². The number of aromatic nitrogens is 3. The number of fused-ring (bicyclic) bond motifs is 3. The Morgan fingerprint density at radius 1 is 1.29 bits per heavy atom. The van der Waals surface area contributed by atoms with Gasteiger partial charge in [0.2, 0.25) is 5.91 Å². The molecule has 1 aliphatic carbocycles. The molecule has 0 atom stereocenters. The van der Waals surface area contributed by atoms with E-state index in [1.165, 1.54) is 28.6 Å². The minimum absolute atomic E-state index is 0.0176. The molecule has 2 N–H and O–H groups in total. The maximum Gasteiger partial charge on any atom is 0.259 e. The lowest BCUT2D eigenvalue weighted by Gasteiger charge is -2.09. The number of pyridine rings is 1. The number of H-pyrrole nitrogens is 1. The summed E-state index contributed by atoms with van der Waals surface area (Å²) in [5, 5.41) is 3.68. The Labute approximate surface area is 171 Å². The van der Waals surface area contributed by atoms with E-state index in [0.717, 1.165) is 35.2 Å². The molecule has 0 fully saturated rings. The number of hydrogen-bond donors (Lipinski definition) is 2. The Hall–Kier alpha value is -2.19. The number of thiophene rings is 1. The molecule has 3 aromatic heterocycles. The lowest BCUT2D eigenvalue weighted by atomic mass is 9.97. The van der Waals surface area contributed by atoms with Crippen LogP contribution in [0.25, 0.3) is 10.2 Å². The van der Waals surface area contributed by atoms with Gasteiger partial charge in [0.1, 0.15) is 10.7 Å². The normalized spacial score (nSPS) is 13.4. The minimum Gasteiger partial charge on any atom is -0.355 e. The molecule has 6 nitrogen and oxygen atoms in total. The zero-order valence-corrected chi connectivity index (χ0v) is 17.1. The molecule has 0 saturated heterocycles. The topological polar surface area (TPSA) is 87.7 Å². The van der Waals surface area contributed by atoms with Gasteiger partial charge in [0.15, 0.2) is 0 Å². The van der Waals surface area contributed by atoms with Crippen molar-refractivity contribution in [2.75, 3.05) is 12.3 Å². The minimum atomic E-state index is -0.0418. The van der Waals surface area contributed by atoms with Crippen LogP contribution < -0.4 is 10.9 Å². The molecule has 28 heavy (non-hydrogen) atoms. The van der Waals surface area contributed by atoms with Gasteiger partial charge in [-0.3, -0.25) is 14.6 Å². The summed E-state index contributed by atoms with van der Waals surface area (Å²) < 4.78 is 0. The Bertz CT molecular complexity index is 1030. The first-order valence-corrected chi connectivity index (χ1v) is 11.5. The molecule has 0 spiro atoms. The van der Waals surface area contributed by atoms with Crippen molar-refractivity contribution in [1.29, 1.82) is 0 Å². The van der Waals surface area contributed by atoms with Crippen molar-refractivity contribution >= 4 is 39.2 Å². The second-order valence-electron chi connectivity index (χ2n) is 6.82. The van der Waals surface area contributed by atoms with Crippen LogP contribution >= 0.6 is 23.1 Å². The Morgan fingerprint density at radius 2 is 2.18 bits per heavy atom. The highest BCUT2D eigenvalue weighted by molar-refractivity contribution is 7.99. The Kier molecular flexibility index (Phi) is 6.07. The van der Waals surface area contributed by atoms with E-state index in [4.69, 9.17) is 0 Å². The van der Waals surface area contributed by atoms with Crippen LogP contribution in [0, 0.1) is 0 Å². The number of hydrogen-bond acceptors (Lipinski definition) is 6. The third-order valence-electron chi connectivity index (χ3n) is 4.78. The predicted molar refractivity (Wildman–Crippen MR) is 114 cm³/mol. The number of amides is 1. The van der Waals surface area contributed by atoms with Gasteiger partial charge in [0.25, 0.3) is 5.56 Å². The van der Waals surface area contributed by atoms with Crippen LogP contribution in [0.5, 0.6) is 0 Å². The first-order chi connectivity index (χ1) is 13.7. The fourth-order valence-corrected chi connectivity index (χ4v) is 5.44. The lowest BCUT2D eigenvalue weighted by molar-refractivity contribution is -0.118. The number of nitrogens with one attached hydrogen (secondary N) is 2. The van der Waals surface area contributed by atoms with Gasteiger partial charge in [0, 0.05) is 29.7 Å². The predicted octanol–water partition coefficient (Wildman–Crippen LogP) is 2.85. The molecule has 146 valence electrons. The number of carbonyl (C=O) groups is 1. The molecule has 0 aromatic carbocycles. The number of rotatable bonds is 7. The average molecular weight is 415 g/mol. The molecule has 0 aliphatic heterocycles. The van der Waals surface area contributed by atoms with Crippen molar-refractivity contribution in [1.82, 2.24) is 20.3 Å². The summed E-state index contributed by atoms with van der Waals surface area (Å²) in [5.41, 5.74) is 2.12. The van der Waals surface area contributed by atoms with Gasteiger partial charge in [-0.15, -0.1) is 23.1 Å². The van der Waals surface area contributed by atoms with E-state index in [-0.39, 0.29) is 11.5 Å². The van der Waals surface area contributed by atoms with E-state index in [1.54, 1.807) is 17.5 Å². The lowest BCUT2D eigenvalue weighted by Crippen LogP contribution is -2.27. The molecule has 0 unspecified atom stereocenters. The van der Waals surface area contributed by atoms with E-state index in [2.05, 4.69) is 20.3 Å². The summed E-state index contributed by atoms with van der Waals surface area (Å²) in [6.07, 6.45) is 6.83. The molecule has 3 heterocycles. The summed E-state index contributed by atoms with van der Waals surface area (Å²) in [7, 11) is 0. The number of nitrogens with zero attached hydrogens (tertiary/aromatic N) is 2. The van der Waals surface area contributed by atoms with Gasteiger partial charge in [0.05, 0.1) is 16.9 Å². The van der Waals surface area contributed by atoms with E-state index in [9.17, 15) is 9.59 Å². The average Bonchev–Trinajstić information content (AvgIpc) is 3.07. The van der Waals surface area contributed by atoms with Gasteiger partial charge >= 0.3 is 0 Å². The van der Waals surface area contributed by atoms with Gasteiger partial charge in [-0.1, -0.05) is 6.07 Å². The zero-order chi connectivity index (χ0) is 19.3. The second kappa shape index (κ2) is 8.87. The largest absolute Gasteiger partial charge is 0.355 e. The summed E-state index contributed by atoms with van der Waals surface area (Å²) >= 11 is 3.11. The highest BCUT2D eigenvalue weighted by Crippen LogP contribution is 2.33. The smallest absolute Gasteiger partial charge is 0.259 e. The zero-order valence-electron chi connectivity index (χ0n) is 15.5. The van der Waals surface area contributed by atoms with Crippen molar-refractivity contribution in [2.45, 2.75) is 37.9 Å². The number of aryl methyl sites for hydroxylation is 2. The molecule has 8 heteroatoms. The van der Waals surface area contributed by atoms with Crippen LogP contribution in [-0.2, 0) is 29.8 Å². The molecule has 3 aromatic rings. The molecule has 4 rings (SSSR count). The quantitative estimate of drug-likeness (QED) is 0.621. The third-order valence-corrected chi connectivity index (χ3v) is 6.91. The van der Waals surface area contributed by atoms with Crippen molar-refractivity contribution in [2.24, 2.45) is 0 Å². The van der Waals surface area contributed by atoms with Crippen molar-refractivity contribution in [3.05, 3.63) is 56.7 Å². The summed E-state index contributed by atoms with van der Waals surface area (Å²) in [6, 6.07) is 5.76. The highest BCUT2D eigenvalue weighted by Gasteiger charge is 2.19. The number of thioether (sulfide) groups is 1. The van der Waals surface area contributed by atoms with Crippen LogP contribution in [0.4, 0.5) is 0 Å². The third kappa shape index (κ3) is 4.44. The van der Waals surface area contributed by atoms with E-state index >= 15 is 0 Å². The second-order valence-corrected chi connectivity index (χ2v) is 8.89. The molecular formula is C20H22N4O2S2. The molecule has 1 aliphatic rings. The van der Waals surface area contributed by atoms with Gasteiger partial charge in [-0.25, -0.2) is 4.98 Å². The maximum absolute atomic E-state index is 12.5. The van der Waals surface area contributed by atoms with Crippen molar-refractivity contribution in [3.63, 3.8) is 0 Å². The summed E-state index contributed by atoms with van der Waals surface area (Å²) in [5.74, 6) is 1.48. The highest BCUT2D eigenvalue weighted by atomic mass is 32.2. The number of aromatic amines is 1. The van der Waals surface area contributed by atoms with Gasteiger partial charge in [-0.05, 0) is 43.4 Å². The summed E-state index contributed by atoms with van der Waals surface area (Å²) in [4.78, 5) is 38.5. The van der Waals surface area contributed by atoms with Gasteiger partial charge in [-0.2, -0.15) is 0 Å². The van der Waals surface area contributed by atoms with Crippen LogP contribution in [0.2, 0.25) is 0 Å². The SMILES string of the molecule is O=C(CSCc1nc2sc3c(c2c(=O)[nH]1)CCCC3)NCCc1ccccn1. The van der Waals surface area contributed by atoms with Crippen LogP contribution in [0.1, 0.15) is 34.8 Å². The van der Waals surface area contributed by atoms with E-state index in [1.807, 2.05) is 18.2 Å². The van der Waals surface area contributed by atoms with Gasteiger partial charge < -0.3 is 10.3 Å². The fourth-order valence-electron chi connectivity index (χ4n) is 3.44. The number of carbonyl (C=O) groups excluding carboxylic acids is 1. The van der Waals surface area contributed by atoms with Crippen LogP contribution in [0.3, 0.4) is 0 Å². The molecule has 0 bridgehead atoms. The monoisotopic (exact) mass is 414 g/mol. The van der Waals surface area contributed by atoms with E-state index < -0.39 is 0 Å². The molecule has 0 radical (unpaired) electrons. The first kappa shape index (κ1) is 19.1. The van der Waals surface area contributed by atoms with Crippen molar-refractivity contribution in [3.8, 4) is 0 Å². The van der Waals surface area contributed by atoms with Crippen molar-refractivity contribution < 1.29 is 4.79 Å². The van der Waals surface area contributed by atoms with Crippen LogP contribution in [-0.4, -0.2) is 33.2 Å². The fraction of sp³-hybridized carbons (Fsp3) is 0.400. The molecule has 1 amide bonds.